The van der Waals surface area contributed by atoms with Crippen LogP contribution >= 0.6 is 11.8 Å². The van der Waals surface area contributed by atoms with Crippen LogP contribution in [0.5, 0.6) is 0 Å². The van der Waals surface area contributed by atoms with Crippen molar-refractivity contribution in [1.29, 1.82) is 0 Å². The maximum Gasteiger partial charge on any atom is 0.122 e. The van der Waals surface area contributed by atoms with Crippen molar-refractivity contribution >= 4 is 11.8 Å². The number of nitrogens with zero attached hydrogens (tertiary/aromatic N) is 1. The highest BCUT2D eigenvalue weighted by atomic mass is 32.2. The lowest BCUT2D eigenvalue weighted by Crippen LogP contribution is -2.46. The Balaban J connectivity index is 2.13. The Labute approximate surface area is 114 Å². The second-order valence-electron chi connectivity index (χ2n) is 4.93. The second kappa shape index (κ2) is 6.64. The highest BCUT2D eigenvalue weighted by Gasteiger charge is 2.31. The smallest absolute Gasteiger partial charge is 0.122 e. The summed E-state index contributed by atoms with van der Waals surface area (Å²) in [5.41, 5.74) is 6.32. The molecule has 1 saturated heterocycles. The van der Waals surface area contributed by atoms with E-state index in [1.165, 1.54) is 12.2 Å². The van der Waals surface area contributed by atoms with Gasteiger partial charge >= 0.3 is 0 Å². The molecule has 3 unspecified atom stereocenters. The summed E-state index contributed by atoms with van der Waals surface area (Å²) in [6.45, 7) is 6.65. The molecule has 3 atom stereocenters. The predicted molar refractivity (Wildman–Crippen MR) is 77.8 cm³/mol. The lowest BCUT2D eigenvalue weighted by molar-refractivity contribution is 0.152. The molecule has 4 heteroatoms. The van der Waals surface area contributed by atoms with Gasteiger partial charge in [0.1, 0.15) is 5.76 Å². The summed E-state index contributed by atoms with van der Waals surface area (Å²) in [6.07, 6.45) is 3.96. The maximum atomic E-state index is 6.32. The SMILES string of the molecule is CCC1CN(C(c2ccco2)C(N)CC)CCS1. The molecule has 0 amide bonds. The predicted octanol–water partition coefficient (Wildman–Crippen LogP) is 2.89. The average Bonchev–Trinajstić information content (AvgIpc) is 2.93. The lowest BCUT2D eigenvalue weighted by atomic mass is 10.0. The van der Waals surface area contributed by atoms with Gasteiger partial charge in [-0.05, 0) is 25.0 Å². The summed E-state index contributed by atoms with van der Waals surface area (Å²) in [7, 11) is 0. The largest absolute Gasteiger partial charge is 0.468 e. The summed E-state index contributed by atoms with van der Waals surface area (Å²) in [5.74, 6) is 2.22. The molecule has 0 aromatic carbocycles. The Morgan fingerprint density at radius 1 is 1.56 bits per heavy atom. The Kier molecular flexibility index (Phi) is 5.15. The van der Waals surface area contributed by atoms with Gasteiger partial charge in [-0.3, -0.25) is 4.90 Å². The summed E-state index contributed by atoms with van der Waals surface area (Å²) < 4.78 is 5.61. The van der Waals surface area contributed by atoms with Gasteiger partial charge in [-0.25, -0.2) is 0 Å². The number of hydrogen-bond acceptors (Lipinski definition) is 4. The van der Waals surface area contributed by atoms with Crippen LogP contribution in [0.4, 0.5) is 0 Å². The van der Waals surface area contributed by atoms with Crippen LogP contribution in [-0.2, 0) is 0 Å². The van der Waals surface area contributed by atoms with E-state index >= 15 is 0 Å². The topological polar surface area (TPSA) is 42.4 Å². The molecule has 102 valence electrons. The Morgan fingerprint density at radius 3 is 3.00 bits per heavy atom. The normalized spacial score (nSPS) is 24.9. The standard InChI is InChI=1S/C14H24N2OS/c1-3-11-10-16(7-9-18-11)14(12(15)4-2)13-6-5-8-17-13/h5-6,8,11-12,14H,3-4,7,9-10,15H2,1-2H3. The van der Waals surface area contributed by atoms with E-state index in [1.54, 1.807) is 6.26 Å². The average molecular weight is 268 g/mol. The van der Waals surface area contributed by atoms with Gasteiger partial charge in [-0.2, -0.15) is 11.8 Å². The van der Waals surface area contributed by atoms with Gasteiger partial charge in [0, 0.05) is 30.1 Å². The molecule has 2 heterocycles. The van der Waals surface area contributed by atoms with Crippen LogP contribution in [-0.4, -0.2) is 35.0 Å². The van der Waals surface area contributed by atoms with E-state index in [-0.39, 0.29) is 12.1 Å². The molecule has 2 N–H and O–H groups in total. The monoisotopic (exact) mass is 268 g/mol. The zero-order chi connectivity index (χ0) is 13.0. The van der Waals surface area contributed by atoms with Crippen LogP contribution < -0.4 is 5.73 Å². The molecule has 0 spiro atoms. The number of rotatable bonds is 5. The molecule has 0 radical (unpaired) electrons. The third-order valence-electron chi connectivity index (χ3n) is 3.73. The van der Waals surface area contributed by atoms with E-state index in [2.05, 4.69) is 36.6 Å². The quantitative estimate of drug-likeness (QED) is 0.891. The molecule has 1 aromatic heterocycles. The van der Waals surface area contributed by atoms with Gasteiger partial charge < -0.3 is 10.2 Å². The minimum Gasteiger partial charge on any atom is -0.468 e. The molecule has 18 heavy (non-hydrogen) atoms. The van der Waals surface area contributed by atoms with Gasteiger partial charge in [-0.15, -0.1) is 0 Å². The summed E-state index contributed by atoms with van der Waals surface area (Å²) in [5, 5.41) is 0.736. The molecule has 1 fully saturated rings. The number of nitrogens with two attached hydrogens (primary N) is 1. The zero-order valence-corrected chi connectivity index (χ0v) is 12.2. The third-order valence-corrected chi connectivity index (χ3v) is 5.10. The van der Waals surface area contributed by atoms with Crippen LogP contribution in [0.15, 0.2) is 22.8 Å². The number of furan rings is 1. The van der Waals surface area contributed by atoms with Gasteiger partial charge in [0.25, 0.3) is 0 Å². The molecule has 0 saturated carbocycles. The highest BCUT2D eigenvalue weighted by Crippen LogP contribution is 2.31. The maximum absolute atomic E-state index is 6.32. The van der Waals surface area contributed by atoms with Gasteiger partial charge in [0.15, 0.2) is 0 Å². The van der Waals surface area contributed by atoms with E-state index in [0.717, 1.165) is 30.5 Å². The summed E-state index contributed by atoms with van der Waals surface area (Å²) in [6, 6.07) is 4.40. The molecule has 2 rings (SSSR count). The van der Waals surface area contributed by atoms with Crippen molar-refractivity contribution in [1.82, 2.24) is 4.90 Å². The number of hydrogen-bond donors (Lipinski definition) is 1. The van der Waals surface area contributed by atoms with Gasteiger partial charge in [0.2, 0.25) is 0 Å². The van der Waals surface area contributed by atoms with Crippen LogP contribution in [0.3, 0.4) is 0 Å². The highest BCUT2D eigenvalue weighted by molar-refractivity contribution is 8.00. The summed E-state index contributed by atoms with van der Waals surface area (Å²) >= 11 is 2.09. The fourth-order valence-electron chi connectivity index (χ4n) is 2.59. The van der Waals surface area contributed by atoms with E-state index < -0.39 is 0 Å². The van der Waals surface area contributed by atoms with E-state index in [1.807, 2.05) is 6.07 Å². The van der Waals surface area contributed by atoms with E-state index in [9.17, 15) is 0 Å². The van der Waals surface area contributed by atoms with Crippen molar-refractivity contribution in [2.75, 3.05) is 18.8 Å². The van der Waals surface area contributed by atoms with Crippen LogP contribution in [0, 0.1) is 0 Å². The molecule has 1 aliphatic heterocycles. The Hall–Kier alpha value is -0.450. The molecule has 0 bridgehead atoms. The minimum absolute atomic E-state index is 0.150. The van der Waals surface area contributed by atoms with E-state index in [0.29, 0.717) is 0 Å². The van der Waals surface area contributed by atoms with Gasteiger partial charge in [0.05, 0.1) is 12.3 Å². The number of thioether (sulfide) groups is 1. The molecular weight excluding hydrogens is 244 g/mol. The first kappa shape index (κ1) is 14.0. The lowest BCUT2D eigenvalue weighted by Gasteiger charge is -2.39. The zero-order valence-electron chi connectivity index (χ0n) is 11.3. The molecule has 1 aromatic rings. The summed E-state index contributed by atoms with van der Waals surface area (Å²) in [4.78, 5) is 2.51. The van der Waals surface area contributed by atoms with Crippen molar-refractivity contribution in [3.05, 3.63) is 24.2 Å². The van der Waals surface area contributed by atoms with Crippen LogP contribution in [0.25, 0.3) is 0 Å². The van der Waals surface area contributed by atoms with E-state index in [4.69, 9.17) is 10.2 Å². The van der Waals surface area contributed by atoms with Crippen molar-refractivity contribution in [2.45, 2.75) is 44.0 Å². The van der Waals surface area contributed by atoms with Crippen molar-refractivity contribution in [3.8, 4) is 0 Å². The van der Waals surface area contributed by atoms with Crippen molar-refractivity contribution in [2.24, 2.45) is 5.73 Å². The molecular formula is C14H24N2OS. The fraction of sp³-hybridized carbons (Fsp3) is 0.714. The Bertz CT molecular complexity index is 342. The first-order valence-corrected chi connectivity index (χ1v) is 7.95. The molecule has 0 aliphatic carbocycles. The molecule has 3 nitrogen and oxygen atoms in total. The second-order valence-corrected chi connectivity index (χ2v) is 6.34. The van der Waals surface area contributed by atoms with Crippen LogP contribution in [0.1, 0.15) is 38.5 Å². The first-order valence-electron chi connectivity index (χ1n) is 6.90. The Morgan fingerprint density at radius 2 is 2.39 bits per heavy atom. The third kappa shape index (κ3) is 3.11. The van der Waals surface area contributed by atoms with Crippen molar-refractivity contribution < 1.29 is 4.42 Å². The fourth-order valence-corrected chi connectivity index (χ4v) is 3.79. The molecule has 1 aliphatic rings. The minimum atomic E-state index is 0.150. The van der Waals surface area contributed by atoms with Crippen molar-refractivity contribution in [3.63, 3.8) is 0 Å². The van der Waals surface area contributed by atoms with Crippen LogP contribution in [0.2, 0.25) is 0 Å². The first-order chi connectivity index (χ1) is 8.76. The van der Waals surface area contributed by atoms with Gasteiger partial charge in [-0.1, -0.05) is 13.8 Å².